The average Bonchev–Trinajstić information content (AvgIpc) is 2.64. The van der Waals surface area contributed by atoms with E-state index in [0.717, 1.165) is 0 Å². The highest BCUT2D eigenvalue weighted by atomic mass is 35.5. The first-order valence-electron chi connectivity index (χ1n) is 7.81. The van der Waals surface area contributed by atoms with E-state index in [0.29, 0.717) is 32.5 Å². The molecule has 0 spiro atoms. The number of carbonyl (C=O) groups is 1. The van der Waals surface area contributed by atoms with Crippen molar-refractivity contribution in [1.82, 2.24) is 0 Å². The number of carbonyl (C=O) groups excluding carboxylic acids is 1. The Hall–Kier alpha value is -2.53. The van der Waals surface area contributed by atoms with Crippen molar-refractivity contribution in [3.8, 4) is 5.75 Å². The van der Waals surface area contributed by atoms with Crippen molar-refractivity contribution in [3.05, 3.63) is 86.9 Å². The Bertz CT molecular complexity index is 1020. The maximum absolute atomic E-state index is 12.2. The molecule has 0 bridgehead atoms. The molecule has 3 aromatic rings. The normalized spacial score (nSPS) is 10.9. The maximum atomic E-state index is 12.2. The number of hydrogen-bond donors (Lipinski definition) is 2. The quantitative estimate of drug-likeness (QED) is 0.484. The van der Waals surface area contributed by atoms with Crippen LogP contribution in [0.2, 0.25) is 15.1 Å². The summed E-state index contributed by atoms with van der Waals surface area (Å²) in [4.78, 5) is 16.5. The molecule has 3 rings (SSSR count). The summed E-state index contributed by atoms with van der Waals surface area (Å²) in [5.74, 6) is -0.345. The average molecular weight is 420 g/mol. The largest absolute Gasteiger partial charge is 0.506 e. The summed E-state index contributed by atoms with van der Waals surface area (Å²) >= 11 is 17.7. The molecule has 0 atom stereocenters. The standard InChI is InChI=1S/C20H13Cl3N2O2/c21-14-3-1-2-12(8-14)20(27)25-17-6-4-16(5-7-17)24-11-13-9-15(22)10-18(23)19(13)26/h1-11,26H,(H,25,27). The molecule has 0 unspecified atom stereocenters. The highest BCUT2D eigenvalue weighted by Gasteiger charge is 2.07. The van der Waals surface area contributed by atoms with Crippen molar-refractivity contribution < 1.29 is 9.90 Å². The molecule has 0 aliphatic carbocycles. The first kappa shape index (κ1) is 19.2. The van der Waals surface area contributed by atoms with Crippen molar-refractivity contribution in [2.75, 3.05) is 5.32 Å². The molecule has 4 nitrogen and oxygen atoms in total. The van der Waals surface area contributed by atoms with Crippen molar-refractivity contribution >= 4 is 58.3 Å². The molecule has 0 aliphatic heterocycles. The van der Waals surface area contributed by atoms with Crippen LogP contribution in [0, 0.1) is 0 Å². The number of benzene rings is 3. The van der Waals surface area contributed by atoms with E-state index in [2.05, 4.69) is 10.3 Å². The van der Waals surface area contributed by atoms with Crippen molar-refractivity contribution in [1.29, 1.82) is 0 Å². The summed E-state index contributed by atoms with van der Waals surface area (Å²) in [6, 6.07) is 16.6. The third-order valence-electron chi connectivity index (χ3n) is 3.62. The number of halogens is 3. The van der Waals surface area contributed by atoms with Gasteiger partial charge >= 0.3 is 0 Å². The number of aromatic hydroxyl groups is 1. The fraction of sp³-hybridized carbons (Fsp3) is 0. The van der Waals surface area contributed by atoms with Crippen LogP contribution in [0.3, 0.4) is 0 Å². The van der Waals surface area contributed by atoms with Gasteiger partial charge in [-0.1, -0.05) is 40.9 Å². The number of rotatable bonds is 4. The third-order valence-corrected chi connectivity index (χ3v) is 4.36. The number of hydrogen-bond acceptors (Lipinski definition) is 3. The molecule has 27 heavy (non-hydrogen) atoms. The minimum absolute atomic E-state index is 0.0878. The molecule has 136 valence electrons. The number of nitrogens with one attached hydrogen (secondary N) is 1. The van der Waals surface area contributed by atoms with Crippen LogP contribution in [-0.2, 0) is 0 Å². The lowest BCUT2D eigenvalue weighted by atomic mass is 10.2. The maximum Gasteiger partial charge on any atom is 0.255 e. The third kappa shape index (κ3) is 5.01. The van der Waals surface area contributed by atoms with Crippen LogP contribution in [-0.4, -0.2) is 17.2 Å². The predicted octanol–water partition coefficient (Wildman–Crippen LogP) is 6.36. The molecule has 7 heteroatoms. The van der Waals surface area contributed by atoms with Crippen LogP contribution in [0.15, 0.2) is 65.7 Å². The molecule has 0 fully saturated rings. The van der Waals surface area contributed by atoms with Gasteiger partial charge in [0.2, 0.25) is 0 Å². The van der Waals surface area contributed by atoms with Gasteiger partial charge in [-0.25, -0.2) is 0 Å². The minimum Gasteiger partial charge on any atom is -0.506 e. The Balaban J connectivity index is 1.71. The summed E-state index contributed by atoms with van der Waals surface area (Å²) in [7, 11) is 0. The Morgan fingerprint density at radius 2 is 1.70 bits per heavy atom. The number of anilines is 1. The lowest BCUT2D eigenvalue weighted by molar-refractivity contribution is 0.102. The fourth-order valence-electron chi connectivity index (χ4n) is 2.29. The van der Waals surface area contributed by atoms with E-state index < -0.39 is 0 Å². The van der Waals surface area contributed by atoms with E-state index in [4.69, 9.17) is 34.8 Å². The molecule has 0 saturated heterocycles. The van der Waals surface area contributed by atoms with E-state index in [-0.39, 0.29) is 16.7 Å². The van der Waals surface area contributed by atoms with E-state index in [1.165, 1.54) is 12.3 Å². The molecule has 0 aliphatic rings. The number of phenols is 1. The molecule has 2 N–H and O–H groups in total. The second-order valence-electron chi connectivity index (χ2n) is 5.59. The molecule has 1 amide bonds. The van der Waals surface area contributed by atoms with Crippen LogP contribution in [0.25, 0.3) is 0 Å². The lowest BCUT2D eigenvalue weighted by Crippen LogP contribution is -2.11. The lowest BCUT2D eigenvalue weighted by Gasteiger charge is -2.06. The SMILES string of the molecule is O=C(Nc1ccc(N=Cc2cc(Cl)cc(Cl)c2O)cc1)c1cccc(Cl)c1. The topological polar surface area (TPSA) is 61.7 Å². The van der Waals surface area contributed by atoms with Gasteiger partial charge in [0.15, 0.2) is 0 Å². The van der Waals surface area contributed by atoms with Gasteiger partial charge in [-0.05, 0) is 54.6 Å². The molecule has 0 saturated carbocycles. The van der Waals surface area contributed by atoms with Gasteiger partial charge in [0, 0.05) is 33.1 Å². The zero-order chi connectivity index (χ0) is 19.4. The van der Waals surface area contributed by atoms with E-state index in [1.807, 2.05) is 0 Å². The van der Waals surface area contributed by atoms with E-state index >= 15 is 0 Å². The molecule has 0 aromatic heterocycles. The first-order chi connectivity index (χ1) is 12.9. The molecular formula is C20H13Cl3N2O2. The summed E-state index contributed by atoms with van der Waals surface area (Å²) in [5, 5.41) is 13.8. The number of phenolic OH excluding ortho intramolecular Hbond substituents is 1. The summed E-state index contributed by atoms with van der Waals surface area (Å²) in [6.45, 7) is 0. The molecular weight excluding hydrogens is 407 g/mol. The Labute approximate surface area is 171 Å². The monoisotopic (exact) mass is 418 g/mol. The highest BCUT2D eigenvalue weighted by Crippen LogP contribution is 2.30. The summed E-state index contributed by atoms with van der Waals surface area (Å²) in [5.41, 5.74) is 2.13. The fourth-order valence-corrected chi connectivity index (χ4v) is 2.99. The predicted molar refractivity (Wildman–Crippen MR) is 111 cm³/mol. The molecule has 0 radical (unpaired) electrons. The minimum atomic E-state index is -0.257. The number of nitrogens with zero attached hydrogens (tertiary/aromatic N) is 1. The number of aliphatic imine (C=N–C) groups is 1. The zero-order valence-corrected chi connectivity index (χ0v) is 16.1. The van der Waals surface area contributed by atoms with Crippen molar-refractivity contribution in [3.63, 3.8) is 0 Å². The van der Waals surface area contributed by atoms with Crippen LogP contribution >= 0.6 is 34.8 Å². The Morgan fingerprint density at radius 3 is 2.41 bits per heavy atom. The van der Waals surface area contributed by atoms with E-state index in [9.17, 15) is 9.90 Å². The molecule has 3 aromatic carbocycles. The van der Waals surface area contributed by atoms with Gasteiger partial charge < -0.3 is 10.4 Å². The smallest absolute Gasteiger partial charge is 0.255 e. The van der Waals surface area contributed by atoms with E-state index in [1.54, 1.807) is 54.6 Å². The first-order valence-corrected chi connectivity index (χ1v) is 8.95. The molecule has 0 heterocycles. The van der Waals surface area contributed by atoms with Crippen LogP contribution in [0.1, 0.15) is 15.9 Å². The van der Waals surface area contributed by atoms with Gasteiger partial charge in [0.05, 0.1) is 10.7 Å². The summed E-state index contributed by atoms with van der Waals surface area (Å²) < 4.78 is 0. The Kier molecular flexibility index (Phi) is 6.01. The van der Waals surface area contributed by atoms with Crippen molar-refractivity contribution in [2.45, 2.75) is 0 Å². The van der Waals surface area contributed by atoms with Crippen LogP contribution < -0.4 is 5.32 Å². The van der Waals surface area contributed by atoms with Gasteiger partial charge in [-0.3, -0.25) is 9.79 Å². The zero-order valence-electron chi connectivity index (χ0n) is 13.8. The van der Waals surface area contributed by atoms with Crippen molar-refractivity contribution in [2.24, 2.45) is 4.99 Å². The van der Waals surface area contributed by atoms with Gasteiger partial charge in [-0.15, -0.1) is 0 Å². The second kappa shape index (κ2) is 8.44. The van der Waals surface area contributed by atoms with Gasteiger partial charge in [0.25, 0.3) is 5.91 Å². The Morgan fingerprint density at radius 1 is 0.963 bits per heavy atom. The second-order valence-corrected chi connectivity index (χ2v) is 6.88. The highest BCUT2D eigenvalue weighted by molar-refractivity contribution is 6.36. The van der Waals surface area contributed by atoms with Gasteiger partial charge in [-0.2, -0.15) is 0 Å². The van der Waals surface area contributed by atoms with Crippen LogP contribution in [0.5, 0.6) is 5.75 Å². The summed E-state index contributed by atoms with van der Waals surface area (Å²) in [6.07, 6.45) is 1.46. The van der Waals surface area contributed by atoms with Gasteiger partial charge in [0.1, 0.15) is 5.75 Å². The van der Waals surface area contributed by atoms with Crippen LogP contribution in [0.4, 0.5) is 11.4 Å². The number of amides is 1.